The number of hydrogen-bond donors (Lipinski definition) is 2. The highest BCUT2D eigenvalue weighted by Gasteiger charge is 2.18. The number of aryl methyl sites for hydroxylation is 3. The minimum absolute atomic E-state index is 0.158. The summed E-state index contributed by atoms with van der Waals surface area (Å²) in [6.07, 6.45) is 2.08. The molecule has 0 aliphatic rings. The molecule has 0 radical (unpaired) electrons. The SMILES string of the molecule is Cc1cc(C)c(CNC(=O)c2cc(Br)cc3c2c(C)cn3C(C)C)c(=O)[nH]1. The fourth-order valence-corrected chi connectivity index (χ4v) is 3.97. The summed E-state index contributed by atoms with van der Waals surface area (Å²) in [7, 11) is 0. The largest absolute Gasteiger partial charge is 0.348 e. The van der Waals surface area contributed by atoms with E-state index >= 15 is 0 Å². The van der Waals surface area contributed by atoms with E-state index in [9.17, 15) is 9.59 Å². The summed E-state index contributed by atoms with van der Waals surface area (Å²) in [6, 6.07) is 6.07. The van der Waals surface area contributed by atoms with Crippen LogP contribution in [0.15, 0.2) is 33.7 Å². The number of benzene rings is 1. The molecule has 0 bridgehead atoms. The number of halogens is 1. The molecule has 0 fully saturated rings. The average Bonchev–Trinajstić information content (AvgIpc) is 2.89. The maximum Gasteiger partial charge on any atom is 0.253 e. The molecule has 0 saturated heterocycles. The minimum Gasteiger partial charge on any atom is -0.348 e. The van der Waals surface area contributed by atoms with Crippen molar-refractivity contribution in [2.24, 2.45) is 0 Å². The Bertz CT molecular complexity index is 1090. The Morgan fingerprint density at radius 3 is 2.52 bits per heavy atom. The fraction of sp³-hybridized carbons (Fsp3) is 0.333. The Kier molecular flexibility index (Phi) is 5.29. The van der Waals surface area contributed by atoms with Crippen LogP contribution < -0.4 is 10.9 Å². The molecular weight excluding hydrogens is 406 g/mol. The van der Waals surface area contributed by atoms with Gasteiger partial charge in [-0.25, -0.2) is 0 Å². The lowest BCUT2D eigenvalue weighted by atomic mass is 10.1. The van der Waals surface area contributed by atoms with Crippen molar-refractivity contribution in [2.75, 3.05) is 0 Å². The van der Waals surface area contributed by atoms with Gasteiger partial charge in [-0.05, 0) is 63.9 Å². The summed E-state index contributed by atoms with van der Waals surface area (Å²) in [5.41, 5.74) is 4.79. The molecule has 0 aliphatic carbocycles. The van der Waals surface area contributed by atoms with Crippen LogP contribution in [-0.4, -0.2) is 15.5 Å². The number of amides is 1. The molecule has 1 aromatic carbocycles. The maximum absolute atomic E-state index is 13.0. The van der Waals surface area contributed by atoms with Gasteiger partial charge >= 0.3 is 0 Å². The normalized spacial score (nSPS) is 11.4. The molecule has 0 spiro atoms. The second kappa shape index (κ2) is 7.35. The molecule has 3 rings (SSSR count). The van der Waals surface area contributed by atoms with Crippen LogP contribution in [0.2, 0.25) is 0 Å². The number of aromatic amines is 1. The Balaban J connectivity index is 1.98. The molecule has 2 heterocycles. The standard InChI is InChI=1S/C21H24BrN3O2/c1-11(2)25-10-13(4)19-16(7-15(22)8-18(19)25)20(26)23-9-17-12(3)6-14(5)24-21(17)27/h6-8,10-11H,9H2,1-5H3,(H,23,26)(H,24,27). The lowest BCUT2D eigenvalue weighted by Gasteiger charge is -2.12. The Morgan fingerprint density at radius 1 is 1.19 bits per heavy atom. The first-order chi connectivity index (χ1) is 12.7. The molecule has 5 nitrogen and oxygen atoms in total. The van der Waals surface area contributed by atoms with Gasteiger partial charge in [-0.2, -0.15) is 0 Å². The van der Waals surface area contributed by atoms with E-state index in [1.807, 2.05) is 39.0 Å². The summed E-state index contributed by atoms with van der Waals surface area (Å²) in [4.78, 5) is 27.9. The summed E-state index contributed by atoms with van der Waals surface area (Å²) in [6.45, 7) is 10.2. The van der Waals surface area contributed by atoms with Crippen molar-refractivity contribution in [3.63, 3.8) is 0 Å². The first-order valence-corrected chi connectivity index (χ1v) is 9.76. The molecule has 1 amide bonds. The van der Waals surface area contributed by atoms with Crippen LogP contribution in [0.4, 0.5) is 0 Å². The molecule has 3 aromatic rings. The van der Waals surface area contributed by atoms with Gasteiger partial charge in [-0.15, -0.1) is 0 Å². The number of carbonyl (C=O) groups is 1. The molecule has 2 aromatic heterocycles. The molecular formula is C21H24BrN3O2. The summed E-state index contributed by atoms with van der Waals surface area (Å²) in [5.74, 6) is -0.190. The Labute approximate surface area is 166 Å². The second-order valence-electron chi connectivity index (χ2n) is 7.29. The number of aromatic nitrogens is 2. The number of nitrogens with zero attached hydrogens (tertiary/aromatic N) is 1. The van der Waals surface area contributed by atoms with Gasteiger partial charge in [0, 0.05) is 39.9 Å². The van der Waals surface area contributed by atoms with Crippen molar-refractivity contribution >= 4 is 32.7 Å². The first-order valence-electron chi connectivity index (χ1n) is 8.97. The number of H-pyrrole nitrogens is 1. The molecule has 27 heavy (non-hydrogen) atoms. The van der Waals surface area contributed by atoms with E-state index in [2.05, 4.69) is 50.8 Å². The number of nitrogens with one attached hydrogen (secondary N) is 2. The van der Waals surface area contributed by atoms with Gasteiger partial charge in [0.05, 0.1) is 11.1 Å². The van der Waals surface area contributed by atoms with Crippen LogP contribution in [-0.2, 0) is 6.54 Å². The van der Waals surface area contributed by atoms with E-state index in [-0.39, 0.29) is 18.0 Å². The third-order valence-electron chi connectivity index (χ3n) is 4.81. The smallest absolute Gasteiger partial charge is 0.253 e. The Hall–Kier alpha value is -2.34. The van der Waals surface area contributed by atoms with Gasteiger partial charge in [0.15, 0.2) is 0 Å². The van der Waals surface area contributed by atoms with Gasteiger partial charge in [0.25, 0.3) is 11.5 Å². The number of rotatable bonds is 4. The summed E-state index contributed by atoms with van der Waals surface area (Å²) in [5, 5.41) is 3.86. The van der Waals surface area contributed by atoms with Gasteiger partial charge in [-0.3, -0.25) is 9.59 Å². The molecule has 0 atom stereocenters. The molecule has 0 saturated carbocycles. The van der Waals surface area contributed by atoms with E-state index in [0.717, 1.165) is 32.2 Å². The van der Waals surface area contributed by atoms with Crippen molar-refractivity contribution < 1.29 is 4.79 Å². The van der Waals surface area contributed by atoms with Crippen LogP contribution in [0, 0.1) is 20.8 Å². The van der Waals surface area contributed by atoms with Gasteiger partial charge in [-0.1, -0.05) is 15.9 Å². The number of carbonyl (C=O) groups excluding carboxylic acids is 1. The van der Waals surface area contributed by atoms with E-state index < -0.39 is 0 Å². The highest BCUT2D eigenvalue weighted by molar-refractivity contribution is 9.10. The minimum atomic E-state index is -0.190. The van der Waals surface area contributed by atoms with Crippen molar-refractivity contribution in [2.45, 2.75) is 47.2 Å². The zero-order valence-electron chi connectivity index (χ0n) is 16.2. The van der Waals surface area contributed by atoms with Crippen LogP contribution in [0.25, 0.3) is 10.9 Å². The average molecular weight is 430 g/mol. The van der Waals surface area contributed by atoms with E-state index in [1.165, 1.54) is 0 Å². The number of fused-ring (bicyclic) bond motifs is 1. The van der Waals surface area contributed by atoms with Gasteiger partial charge < -0.3 is 14.9 Å². The number of pyridine rings is 1. The fourth-order valence-electron chi connectivity index (χ4n) is 3.52. The second-order valence-corrected chi connectivity index (χ2v) is 8.20. The molecule has 6 heteroatoms. The summed E-state index contributed by atoms with van der Waals surface area (Å²) >= 11 is 3.52. The van der Waals surface area contributed by atoms with E-state index in [0.29, 0.717) is 17.2 Å². The molecule has 0 aliphatic heterocycles. The lowest BCUT2D eigenvalue weighted by Crippen LogP contribution is -2.28. The monoisotopic (exact) mass is 429 g/mol. The zero-order valence-corrected chi connectivity index (χ0v) is 17.8. The zero-order chi connectivity index (χ0) is 19.9. The molecule has 142 valence electrons. The van der Waals surface area contributed by atoms with Crippen molar-refractivity contribution in [1.29, 1.82) is 0 Å². The molecule has 2 N–H and O–H groups in total. The maximum atomic E-state index is 13.0. The van der Waals surface area contributed by atoms with Gasteiger partial charge in [0.1, 0.15) is 0 Å². The van der Waals surface area contributed by atoms with E-state index in [4.69, 9.17) is 0 Å². The predicted molar refractivity (Wildman–Crippen MR) is 112 cm³/mol. The van der Waals surface area contributed by atoms with Crippen LogP contribution in [0.5, 0.6) is 0 Å². The van der Waals surface area contributed by atoms with Gasteiger partial charge in [0.2, 0.25) is 0 Å². The van der Waals surface area contributed by atoms with E-state index in [1.54, 1.807) is 0 Å². The van der Waals surface area contributed by atoms with Crippen molar-refractivity contribution in [3.8, 4) is 0 Å². The van der Waals surface area contributed by atoms with Crippen molar-refractivity contribution in [1.82, 2.24) is 14.9 Å². The predicted octanol–water partition coefficient (Wildman–Crippen LogP) is 4.53. The summed E-state index contributed by atoms with van der Waals surface area (Å²) < 4.78 is 3.02. The third kappa shape index (κ3) is 3.72. The Morgan fingerprint density at radius 2 is 1.89 bits per heavy atom. The van der Waals surface area contributed by atoms with Crippen LogP contribution in [0.1, 0.15) is 52.6 Å². The third-order valence-corrected chi connectivity index (χ3v) is 5.27. The highest BCUT2D eigenvalue weighted by atomic mass is 79.9. The van der Waals surface area contributed by atoms with Crippen molar-refractivity contribution in [3.05, 3.63) is 67.2 Å². The van der Waals surface area contributed by atoms with Crippen LogP contribution >= 0.6 is 15.9 Å². The highest BCUT2D eigenvalue weighted by Crippen LogP contribution is 2.30. The lowest BCUT2D eigenvalue weighted by molar-refractivity contribution is 0.0952. The number of hydrogen-bond acceptors (Lipinski definition) is 2. The quantitative estimate of drug-likeness (QED) is 0.639. The van der Waals surface area contributed by atoms with Crippen LogP contribution in [0.3, 0.4) is 0 Å². The topological polar surface area (TPSA) is 66.9 Å². The molecule has 0 unspecified atom stereocenters. The first kappa shape index (κ1) is 19.4.